The predicted molar refractivity (Wildman–Crippen MR) is 121 cm³/mol. The Hall–Kier alpha value is -4.46. The second-order valence-electron chi connectivity index (χ2n) is 7.75. The molecule has 2 N–H and O–H groups in total. The first-order chi connectivity index (χ1) is 16.0. The van der Waals surface area contributed by atoms with Gasteiger partial charge in [0.05, 0.1) is 5.39 Å². The number of carbonyl (C=O) groups excluding carboxylic acids is 3. The lowest BCUT2D eigenvalue weighted by atomic mass is 9.87. The Labute approximate surface area is 189 Å². The van der Waals surface area contributed by atoms with E-state index in [4.69, 9.17) is 4.52 Å². The van der Waals surface area contributed by atoms with E-state index in [1.165, 1.54) is 0 Å². The molecular weight excluding hydrogens is 420 g/mol. The summed E-state index contributed by atoms with van der Waals surface area (Å²) in [7, 11) is 0. The predicted octanol–water partition coefficient (Wildman–Crippen LogP) is 4.00. The highest BCUT2D eigenvalue weighted by atomic mass is 16.5. The molecule has 4 aromatic rings. The maximum Gasteiger partial charge on any atom is 0.344 e. The number of hydrogen-bond donors (Lipinski definition) is 2. The number of rotatable bonds is 5. The Bertz CT molecular complexity index is 1370. The fourth-order valence-electron chi connectivity index (χ4n) is 4.09. The maximum absolute atomic E-state index is 13.2. The number of amides is 4. The van der Waals surface area contributed by atoms with Crippen LogP contribution in [-0.4, -0.2) is 28.0 Å². The molecule has 1 aromatic heterocycles. The standard InChI is InChI=1S/C25H20N4O4/c1-2-25(18-11-7-4-8-12-18)23(31)29(24(32)26-25)27-22(30)17-13-14-20-19(15-17)21(33-28-20)16-9-5-3-6-10-16/h3-15H,2H2,1H3,(H,26,32)(H,27,30). The van der Waals surface area contributed by atoms with Crippen molar-refractivity contribution in [3.8, 4) is 11.3 Å². The molecule has 1 fully saturated rings. The van der Waals surface area contributed by atoms with Crippen molar-refractivity contribution in [1.82, 2.24) is 20.9 Å². The van der Waals surface area contributed by atoms with E-state index >= 15 is 0 Å². The van der Waals surface area contributed by atoms with Crippen molar-refractivity contribution in [2.75, 3.05) is 0 Å². The molecule has 0 aliphatic carbocycles. The molecule has 2 heterocycles. The number of aromatic nitrogens is 1. The van der Waals surface area contributed by atoms with Crippen LogP contribution in [0.2, 0.25) is 0 Å². The van der Waals surface area contributed by atoms with Crippen molar-refractivity contribution >= 4 is 28.7 Å². The van der Waals surface area contributed by atoms with Crippen LogP contribution < -0.4 is 10.7 Å². The molecule has 1 atom stereocenters. The average molecular weight is 440 g/mol. The lowest BCUT2D eigenvalue weighted by Gasteiger charge is -2.25. The quantitative estimate of drug-likeness (QED) is 0.457. The molecule has 1 aliphatic heterocycles. The van der Waals surface area contributed by atoms with Crippen LogP contribution in [0.25, 0.3) is 22.2 Å². The molecule has 164 valence electrons. The monoisotopic (exact) mass is 440 g/mol. The van der Waals surface area contributed by atoms with Crippen LogP contribution in [0, 0.1) is 0 Å². The molecule has 0 spiro atoms. The van der Waals surface area contributed by atoms with Gasteiger partial charge in [-0.1, -0.05) is 72.7 Å². The summed E-state index contributed by atoms with van der Waals surface area (Å²) in [5.41, 5.74) is 3.55. The second-order valence-corrected chi connectivity index (χ2v) is 7.75. The molecule has 1 saturated heterocycles. The maximum atomic E-state index is 13.2. The lowest BCUT2D eigenvalue weighted by Crippen LogP contribution is -2.48. The molecule has 33 heavy (non-hydrogen) atoms. The van der Waals surface area contributed by atoms with Gasteiger partial charge in [0.25, 0.3) is 11.8 Å². The molecule has 1 unspecified atom stereocenters. The zero-order valence-corrected chi connectivity index (χ0v) is 17.7. The molecule has 1 aliphatic rings. The average Bonchev–Trinajstić information content (AvgIpc) is 3.39. The smallest absolute Gasteiger partial charge is 0.344 e. The van der Waals surface area contributed by atoms with E-state index in [9.17, 15) is 14.4 Å². The van der Waals surface area contributed by atoms with Gasteiger partial charge < -0.3 is 9.84 Å². The fraction of sp³-hybridized carbons (Fsp3) is 0.120. The minimum Gasteiger partial charge on any atom is -0.355 e. The number of fused-ring (bicyclic) bond motifs is 1. The number of hydrazine groups is 1. The first-order valence-electron chi connectivity index (χ1n) is 10.5. The highest BCUT2D eigenvalue weighted by Crippen LogP contribution is 2.32. The van der Waals surface area contributed by atoms with Crippen LogP contribution in [0.3, 0.4) is 0 Å². The van der Waals surface area contributed by atoms with Crippen LogP contribution >= 0.6 is 0 Å². The summed E-state index contributed by atoms with van der Waals surface area (Å²) >= 11 is 0. The third-order valence-electron chi connectivity index (χ3n) is 5.88. The van der Waals surface area contributed by atoms with E-state index in [2.05, 4.69) is 15.9 Å². The molecule has 0 radical (unpaired) electrons. The molecule has 0 bridgehead atoms. The Morgan fingerprint density at radius 1 is 1.03 bits per heavy atom. The topological polar surface area (TPSA) is 105 Å². The SMILES string of the molecule is CCC1(c2ccccc2)NC(=O)N(NC(=O)c2ccc3noc(-c4ccccc4)c3c2)C1=O. The first kappa shape index (κ1) is 20.4. The van der Waals surface area contributed by atoms with Crippen molar-refractivity contribution in [1.29, 1.82) is 0 Å². The van der Waals surface area contributed by atoms with Crippen LogP contribution in [-0.2, 0) is 10.3 Å². The molecule has 8 heteroatoms. The number of nitrogens with one attached hydrogen (secondary N) is 2. The largest absolute Gasteiger partial charge is 0.355 e. The number of benzene rings is 3. The van der Waals surface area contributed by atoms with Gasteiger partial charge >= 0.3 is 6.03 Å². The molecule has 5 rings (SSSR count). The van der Waals surface area contributed by atoms with Crippen LogP contribution in [0.15, 0.2) is 83.4 Å². The Morgan fingerprint density at radius 3 is 2.42 bits per heavy atom. The third-order valence-corrected chi connectivity index (χ3v) is 5.88. The Kier molecular flexibility index (Phi) is 4.90. The third kappa shape index (κ3) is 3.32. The van der Waals surface area contributed by atoms with Crippen LogP contribution in [0.4, 0.5) is 4.79 Å². The van der Waals surface area contributed by atoms with Gasteiger partial charge in [0.2, 0.25) is 0 Å². The first-order valence-corrected chi connectivity index (χ1v) is 10.5. The van der Waals surface area contributed by atoms with E-state index in [0.717, 1.165) is 10.6 Å². The van der Waals surface area contributed by atoms with Gasteiger partial charge in [0.1, 0.15) is 11.1 Å². The summed E-state index contributed by atoms with van der Waals surface area (Å²) < 4.78 is 5.48. The van der Waals surface area contributed by atoms with Gasteiger partial charge in [-0.15, -0.1) is 0 Å². The summed E-state index contributed by atoms with van der Waals surface area (Å²) in [6, 6.07) is 22.6. The van der Waals surface area contributed by atoms with Crippen molar-refractivity contribution in [3.05, 3.63) is 90.0 Å². The summed E-state index contributed by atoms with van der Waals surface area (Å²) in [6.07, 6.45) is 0.334. The van der Waals surface area contributed by atoms with Gasteiger partial charge in [-0.2, -0.15) is 5.01 Å². The normalized spacial score (nSPS) is 17.9. The van der Waals surface area contributed by atoms with Gasteiger partial charge in [-0.3, -0.25) is 15.0 Å². The number of urea groups is 1. The van der Waals surface area contributed by atoms with Gasteiger partial charge in [0.15, 0.2) is 5.76 Å². The fourth-order valence-corrected chi connectivity index (χ4v) is 4.09. The van der Waals surface area contributed by atoms with Gasteiger partial charge in [0, 0.05) is 11.1 Å². The summed E-state index contributed by atoms with van der Waals surface area (Å²) in [6.45, 7) is 1.81. The second kappa shape index (κ2) is 7.90. The Morgan fingerprint density at radius 2 is 1.73 bits per heavy atom. The molecular formula is C25H20N4O4. The summed E-state index contributed by atoms with van der Waals surface area (Å²) in [5.74, 6) is -0.601. The molecule has 3 aromatic carbocycles. The van der Waals surface area contributed by atoms with Crippen LogP contribution in [0.1, 0.15) is 29.3 Å². The van der Waals surface area contributed by atoms with Gasteiger partial charge in [-0.25, -0.2) is 4.79 Å². The van der Waals surface area contributed by atoms with Crippen molar-refractivity contribution < 1.29 is 18.9 Å². The van der Waals surface area contributed by atoms with E-state index < -0.39 is 23.4 Å². The van der Waals surface area contributed by atoms with Crippen molar-refractivity contribution in [3.63, 3.8) is 0 Å². The minimum atomic E-state index is -1.23. The molecule has 0 saturated carbocycles. The van der Waals surface area contributed by atoms with E-state index in [1.54, 1.807) is 49.4 Å². The number of imide groups is 1. The number of carbonyl (C=O) groups is 3. The van der Waals surface area contributed by atoms with Crippen molar-refractivity contribution in [2.45, 2.75) is 18.9 Å². The van der Waals surface area contributed by atoms with Crippen LogP contribution in [0.5, 0.6) is 0 Å². The highest BCUT2D eigenvalue weighted by Gasteiger charge is 2.52. The molecule has 4 amide bonds. The number of hydrogen-bond acceptors (Lipinski definition) is 5. The number of nitrogens with zero attached hydrogens (tertiary/aromatic N) is 2. The molecule has 8 nitrogen and oxygen atoms in total. The Balaban J connectivity index is 1.44. The summed E-state index contributed by atoms with van der Waals surface area (Å²) in [4.78, 5) is 38.9. The zero-order chi connectivity index (χ0) is 23.0. The van der Waals surface area contributed by atoms with E-state index in [0.29, 0.717) is 28.6 Å². The lowest BCUT2D eigenvalue weighted by molar-refractivity contribution is -0.133. The minimum absolute atomic E-state index is 0.261. The summed E-state index contributed by atoms with van der Waals surface area (Å²) in [5, 5.41) is 8.19. The van der Waals surface area contributed by atoms with E-state index in [-0.39, 0.29) is 5.56 Å². The van der Waals surface area contributed by atoms with Crippen molar-refractivity contribution in [2.24, 2.45) is 0 Å². The zero-order valence-electron chi connectivity index (χ0n) is 17.7. The van der Waals surface area contributed by atoms with Gasteiger partial charge in [-0.05, 0) is 30.2 Å². The highest BCUT2D eigenvalue weighted by molar-refractivity contribution is 6.10. The van der Waals surface area contributed by atoms with E-state index in [1.807, 2.05) is 36.4 Å².